The highest BCUT2D eigenvalue weighted by atomic mass is 35.7. The fraction of sp³-hybridized carbons (Fsp3) is 1.00. The number of nitrogens with two attached hydrogens (primary N) is 1. The van der Waals surface area contributed by atoms with Crippen molar-refractivity contribution >= 4 is 0 Å². The maximum absolute atomic E-state index is 8.60. The maximum Gasteiger partial charge on any atom is 0.0777 e. The van der Waals surface area contributed by atoms with Gasteiger partial charge in [0.25, 0.3) is 0 Å². The van der Waals surface area contributed by atoms with Gasteiger partial charge < -0.3 is 5.73 Å². The molecule has 0 aliphatic heterocycles. The van der Waals surface area contributed by atoms with Crippen LogP contribution in [0.1, 0.15) is 13.8 Å². The second-order valence-corrected chi connectivity index (χ2v) is 2.43. The molecular weight excluding hydrogens is 149 g/mol. The Morgan fingerprint density at radius 2 is 1.33 bits per heavy atom. The molecule has 0 aliphatic carbocycles. The first-order chi connectivity index (χ1) is 3.73. The predicted molar refractivity (Wildman–Crippen MR) is 21.5 cm³/mol. The van der Waals surface area contributed by atoms with Crippen LogP contribution < -0.4 is 19.7 Å². The monoisotopic (exact) mass is 159 g/mol. The molecule has 0 aliphatic rings. The summed E-state index contributed by atoms with van der Waals surface area (Å²) >= 11 is 0. The number of halogens is 1. The second kappa shape index (κ2) is 4.92. The maximum atomic E-state index is 8.60. The van der Waals surface area contributed by atoms with Gasteiger partial charge in [-0.3, -0.25) is 0 Å². The lowest BCUT2D eigenvalue weighted by Crippen LogP contribution is -2.58. The third-order valence-corrected chi connectivity index (χ3v) is 0. The van der Waals surface area contributed by atoms with Crippen molar-refractivity contribution in [1.29, 1.82) is 0 Å². The van der Waals surface area contributed by atoms with Gasteiger partial charge in [-0.1, -0.05) is 13.8 Å². The lowest BCUT2D eigenvalue weighted by atomic mass is 10.5. The van der Waals surface area contributed by atoms with Crippen LogP contribution in [-0.4, -0.2) is 10.7 Å². The first-order valence-corrected chi connectivity index (χ1v) is 3.38. The Kier molecular flexibility index (Phi) is 6.47. The molecule has 0 saturated heterocycles. The first-order valence-electron chi connectivity index (χ1n) is 2.12. The number of hydrogen-bond donors (Lipinski definition) is 2. The Hall–Kier alpha value is 0.0900. The minimum atomic E-state index is -4.69. The quantitative estimate of drug-likeness (QED) is 0.377. The van der Waals surface area contributed by atoms with E-state index in [4.69, 9.17) is 24.4 Å². The number of hydrogen-bond acceptors (Lipinski definition) is 5. The molecule has 5 nitrogen and oxygen atoms in total. The van der Waals surface area contributed by atoms with Gasteiger partial charge in [-0.15, -0.1) is 0 Å². The SMILES string of the molecule is CC(C)N.[O-][Cl+3]([O-])([O-])O. The van der Waals surface area contributed by atoms with Crippen molar-refractivity contribution in [2.75, 3.05) is 0 Å². The van der Waals surface area contributed by atoms with E-state index >= 15 is 0 Å². The Morgan fingerprint density at radius 1 is 1.33 bits per heavy atom. The van der Waals surface area contributed by atoms with Gasteiger partial charge >= 0.3 is 0 Å². The topological polar surface area (TPSA) is 115 Å². The van der Waals surface area contributed by atoms with Gasteiger partial charge in [0, 0.05) is 0 Å². The van der Waals surface area contributed by atoms with Crippen molar-refractivity contribution in [3.05, 3.63) is 0 Å². The average Bonchev–Trinajstić information content (AvgIpc) is 1.19. The molecular formula is C3H10ClNO4. The van der Waals surface area contributed by atoms with E-state index in [-0.39, 0.29) is 0 Å². The summed E-state index contributed by atoms with van der Waals surface area (Å²) in [5.41, 5.74) is 5.11. The van der Waals surface area contributed by atoms with Gasteiger partial charge in [-0.2, -0.15) is 14.0 Å². The smallest absolute Gasteiger partial charge is 0.0777 e. The zero-order valence-electron chi connectivity index (χ0n) is 5.20. The van der Waals surface area contributed by atoms with Gasteiger partial charge in [-0.05, 0) is 6.04 Å². The summed E-state index contributed by atoms with van der Waals surface area (Å²) in [6.07, 6.45) is 0. The molecule has 9 heavy (non-hydrogen) atoms. The zero-order chi connectivity index (χ0) is 8.08. The molecule has 0 radical (unpaired) electrons. The van der Waals surface area contributed by atoms with E-state index in [9.17, 15) is 0 Å². The van der Waals surface area contributed by atoms with Crippen LogP contribution in [0.3, 0.4) is 0 Å². The first kappa shape index (κ1) is 11.8. The van der Waals surface area contributed by atoms with Crippen LogP contribution in [0.2, 0.25) is 0 Å². The average molecular weight is 160 g/mol. The summed E-state index contributed by atoms with van der Waals surface area (Å²) in [5, 5.41) is 0. The van der Waals surface area contributed by atoms with Crippen molar-refractivity contribution in [3.8, 4) is 0 Å². The molecule has 0 bridgehead atoms. The normalized spacial score (nSPS) is 10.7. The Bertz CT molecular complexity index is 52.6. The van der Waals surface area contributed by atoms with E-state index in [1.165, 1.54) is 0 Å². The van der Waals surface area contributed by atoms with Gasteiger partial charge in [0.1, 0.15) is 0 Å². The van der Waals surface area contributed by atoms with Crippen molar-refractivity contribution in [1.82, 2.24) is 0 Å². The molecule has 0 rings (SSSR count). The van der Waals surface area contributed by atoms with E-state index in [0.717, 1.165) is 0 Å². The molecule has 0 atom stereocenters. The minimum absolute atomic E-state index is 0.333. The zero-order valence-corrected chi connectivity index (χ0v) is 5.96. The van der Waals surface area contributed by atoms with Crippen LogP contribution in [0.15, 0.2) is 0 Å². The van der Waals surface area contributed by atoms with Gasteiger partial charge in [0.2, 0.25) is 0 Å². The molecule has 0 saturated carbocycles. The molecule has 0 unspecified atom stereocenters. The highest BCUT2D eigenvalue weighted by Gasteiger charge is 1.98. The molecule has 0 aromatic rings. The predicted octanol–water partition coefficient (Wildman–Crippen LogP) is -3.77. The molecule has 6 heteroatoms. The van der Waals surface area contributed by atoms with E-state index in [1.807, 2.05) is 13.8 Å². The van der Waals surface area contributed by atoms with Crippen molar-refractivity contribution in [2.24, 2.45) is 5.73 Å². The largest absolute Gasteiger partial charge is 0.328 e. The van der Waals surface area contributed by atoms with Crippen molar-refractivity contribution < 1.29 is 28.9 Å². The highest BCUT2D eigenvalue weighted by Crippen LogP contribution is 1.60. The van der Waals surface area contributed by atoms with Gasteiger partial charge in [0.15, 0.2) is 0 Å². The molecule has 58 valence electrons. The Labute approximate surface area is 55.5 Å². The van der Waals surface area contributed by atoms with Crippen LogP contribution in [-0.2, 0) is 0 Å². The standard InChI is InChI=1S/C3H9N.ClHO4/c1-3(2)4;2-1(3,4)5/h3H,4H2,1-2H3;(H,2,3,4,5). The third kappa shape index (κ3) is 37000. The van der Waals surface area contributed by atoms with Gasteiger partial charge in [0.05, 0.1) is 14.9 Å². The summed E-state index contributed by atoms with van der Waals surface area (Å²) < 4.78 is 32.7. The fourth-order valence-electron chi connectivity index (χ4n) is 0. The van der Waals surface area contributed by atoms with Crippen LogP contribution in [0.4, 0.5) is 0 Å². The van der Waals surface area contributed by atoms with E-state index in [2.05, 4.69) is 0 Å². The summed E-state index contributed by atoms with van der Waals surface area (Å²) in [5.74, 6) is 0. The van der Waals surface area contributed by atoms with Crippen LogP contribution >= 0.6 is 0 Å². The molecule has 0 amide bonds. The molecule has 0 aromatic carbocycles. The Morgan fingerprint density at radius 3 is 1.33 bits per heavy atom. The van der Waals surface area contributed by atoms with Crippen LogP contribution in [0.5, 0.6) is 0 Å². The van der Waals surface area contributed by atoms with E-state index in [1.54, 1.807) is 0 Å². The second-order valence-electron chi connectivity index (χ2n) is 1.64. The molecule has 0 spiro atoms. The summed E-state index contributed by atoms with van der Waals surface area (Å²) in [7, 11) is -4.69. The lowest BCUT2D eigenvalue weighted by molar-refractivity contribution is -1.92. The van der Waals surface area contributed by atoms with E-state index < -0.39 is 10.2 Å². The summed E-state index contributed by atoms with van der Waals surface area (Å²) in [6, 6.07) is 0.333. The minimum Gasteiger partial charge on any atom is -0.328 e. The van der Waals surface area contributed by atoms with E-state index in [0.29, 0.717) is 6.04 Å². The fourth-order valence-corrected chi connectivity index (χ4v) is 0. The van der Waals surface area contributed by atoms with Gasteiger partial charge in [-0.25, -0.2) is 0 Å². The lowest BCUT2D eigenvalue weighted by Gasteiger charge is -2.03. The third-order valence-electron chi connectivity index (χ3n) is 0. The van der Waals surface area contributed by atoms with Crippen molar-refractivity contribution in [3.63, 3.8) is 0 Å². The molecule has 0 fully saturated rings. The Balaban J connectivity index is 0. The van der Waals surface area contributed by atoms with Crippen LogP contribution in [0, 0.1) is 10.2 Å². The van der Waals surface area contributed by atoms with Crippen molar-refractivity contribution in [2.45, 2.75) is 19.9 Å². The summed E-state index contributed by atoms with van der Waals surface area (Å²) in [4.78, 5) is 0. The summed E-state index contributed by atoms with van der Waals surface area (Å²) in [6.45, 7) is 3.89. The number of rotatable bonds is 0. The molecule has 3 N–H and O–H groups in total. The molecule has 0 aromatic heterocycles. The molecule has 0 heterocycles. The highest BCUT2D eigenvalue weighted by molar-refractivity contribution is 4.32. The van der Waals surface area contributed by atoms with Crippen LogP contribution in [0.25, 0.3) is 0 Å².